The van der Waals surface area contributed by atoms with Crippen LogP contribution in [-0.4, -0.2) is 6.54 Å². The lowest BCUT2D eigenvalue weighted by Crippen LogP contribution is -2.02. The summed E-state index contributed by atoms with van der Waals surface area (Å²) in [6.45, 7) is 11.0. The topological polar surface area (TPSA) is 12.0 Å². The van der Waals surface area contributed by atoms with Crippen LogP contribution in [0, 0.1) is 20.8 Å². The van der Waals surface area contributed by atoms with Gasteiger partial charge in [0, 0.05) is 12.2 Å². The van der Waals surface area contributed by atoms with Crippen LogP contribution in [0.5, 0.6) is 0 Å². The van der Waals surface area contributed by atoms with Crippen molar-refractivity contribution < 1.29 is 0 Å². The first-order chi connectivity index (χ1) is 7.65. The molecular formula is C15H21N. The van der Waals surface area contributed by atoms with Gasteiger partial charge in [-0.2, -0.15) is 0 Å². The maximum absolute atomic E-state index is 3.68. The Morgan fingerprint density at radius 3 is 2.31 bits per heavy atom. The van der Waals surface area contributed by atoms with Crippen molar-refractivity contribution in [2.75, 3.05) is 11.9 Å². The van der Waals surface area contributed by atoms with Gasteiger partial charge in [-0.05, 0) is 38.3 Å². The molecule has 0 fully saturated rings. The minimum atomic E-state index is 0.874. The molecule has 0 saturated heterocycles. The van der Waals surface area contributed by atoms with E-state index in [4.69, 9.17) is 0 Å². The maximum atomic E-state index is 3.68. The average molecular weight is 215 g/mol. The van der Waals surface area contributed by atoms with Crippen molar-refractivity contribution in [3.8, 4) is 0 Å². The number of allylic oxidation sites excluding steroid dienone is 2. The Bertz CT molecular complexity index is 365. The molecule has 1 rings (SSSR count). The van der Waals surface area contributed by atoms with E-state index in [2.05, 4.69) is 57.0 Å². The van der Waals surface area contributed by atoms with Crippen LogP contribution in [0.15, 0.2) is 36.9 Å². The number of hydrogen-bond donors (Lipinski definition) is 1. The Balaban J connectivity index is 2.63. The third kappa shape index (κ3) is 3.58. The summed E-state index contributed by atoms with van der Waals surface area (Å²) in [6.07, 6.45) is 7.10. The van der Waals surface area contributed by atoms with Crippen molar-refractivity contribution >= 4 is 5.69 Å². The fraction of sp³-hybridized carbons (Fsp3) is 0.333. The van der Waals surface area contributed by atoms with E-state index in [1.54, 1.807) is 0 Å². The van der Waals surface area contributed by atoms with Crippen molar-refractivity contribution in [2.24, 2.45) is 0 Å². The van der Waals surface area contributed by atoms with Gasteiger partial charge >= 0.3 is 0 Å². The van der Waals surface area contributed by atoms with Crippen LogP contribution < -0.4 is 5.32 Å². The van der Waals surface area contributed by atoms with Gasteiger partial charge in [0.15, 0.2) is 0 Å². The number of anilines is 1. The summed E-state index contributed by atoms with van der Waals surface area (Å²) in [5.41, 5.74) is 5.21. The Morgan fingerprint density at radius 2 is 1.75 bits per heavy atom. The fourth-order valence-corrected chi connectivity index (χ4v) is 1.90. The second-order valence-corrected chi connectivity index (χ2v) is 4.15. The molecule has 1 heteroatoms. The smallest absolute Gasteiger partial charge is 0.0402 e. The van der Waals surface area contributed by atoms with Gasteiger partial charge in [-0.25, -0.2) is 0 Å². The van der Waals surface area contributed by atoms with Crippen LogP contribution in [0.3, 0.4) is 0 Å². The van der Waals surface area contributed by atoms with Gasteiger partial charge in [0.05, 0.1) is 0 Å². The summed E-state index contributed by atoms with van der Waals surface area (Å²) in [5.74, 6) is 0. The molecule has 0 spiro atoms. The van der Waals surface area contributed by atoms with Gasteiger partial charge in [0.1, 0.15) is 0 Å². The number of nitrogens with one attached hydrogen (secondary N) is 1. The molecule has 86 valence electrons. The largest absolute Gasteiger partial charge is 0.381 e. The minimum absolute atomic E-state index is 0.874. The second kappa shape index (κ2) is 6.16. The third-order valence-corrected chi connectivity index (χ3v) is 2.54. The molecule has 16 heavy (non-hydrogen) atoms. The second-order valence-electron chi connectivity index (χ2n) is 4.15. The van der Waals surface area contributed by atoms with E-state index >= 15 is 0 Å². The van der Waals surface area contributed by atoms with E-state index in [9.17, 15) is 0 Å². The highest BCUT2D eigenvalue weighted by Crippen LogP contribution is 2.21. The van der Waals surface area contributed by atoms with E-state index in [1.807, 2.05) is 6.08 Å². The molecule has 1 aromatic rings. The molecule has 1 aromatic carbocycles. The first kappa shape index (κ1) is 12.6. The highest BCUT2D eigenvalue weighted by atomic mass is 14.9. The zero-order valence-corrected chi connectivity index (χ0v) is 10.5. The molecule has 0 heterocycles. The SMILES string of the molecule is C=CC/C=C/CNc1c(C)cc(C)cc1C. The Hall–Kier alpha value is -1.50. The summed E-state index contributed by atoms with van der Waals surface area (Å²) in [6, 6.07) is 4.42. The van der Waals surface area contributed by atoms with Crippen molar-refractivity contribution in [2.45, 2.75) is 27.2 Å². The quantitative estimate of drug-likeness (QED) is 0.727. The van der Waals surface area contributed by atoms with Crippen molar-refractivity contribution in [3.05, 3.63) is 53.6 Å². The van der Waals surface area contributed by atoms with E-state index < -0.39 is 0 Å². The molecule has 0 aliphatic rings. The Labute approximate surface area is 98.9 Å². The molecule has 0 unspecified atom stereocenters. The molecule has 1 N–H and O–H groups in total. The Kier molecular flexibility index (Phi) is 4.84. The van der Waals surface area contributed by atoms with Crippen molar-refractivity contribution in [3.63, 3.8) is 0 Å². The lowest BCUT2D eigenvalue weighted by atomic mass is 10.1. The fourth-order valence-electron chi connectivity index (χ4n) is 1.90. The number of hydrogen-bond acceptors (Lipinski definition) is 1. The summed E-state index contributed by atoms with van der Waals surface area (Å²) in [4.78, 5) is 0. The van der Waals surface area contributed by atoms with Crippen LogP contribution in [-0.2, 0) is 0 Å². The van der Waals surface area contributed by atoms with Gasteiger partial charge in [0.2, 0.25) is 0 Å². The zero-order chi connectivity index (χ0) is 12.0. The summed E-state index contributed by atoms with van der Waals surface area (Å²) < 4.78 is 0. The molecule has 0 bridgehead atoms. The highest BCUT2D eigenvalue weighted by Gasteiger charge is 2.01. The molecular weight excluding hydrogens is 194 g/mol. The number of benzene rings is 1. The number of aryl methyl sites for hydroxylation is 3. The highest BCUT2D eigenvalue weighted by molar-refractivity contribution is 5.58. The summed E-state index contributed by atoms with van der Waals surface area (Å²) in [5, 5.41) is 3.45. The van der Waals surface area contributed by atoms with Crippen LogP contribution >= 0.6 is 0 Å². The van der Waals surface area contributed by atoms with Crippen molar-refractivity contribution in [1.29, 1.82) is 0 Å². The van der Waals surface area contributed by atoms with Crippen molar-refractivity contribution in [1.82, 2.24) is 0 Å². The van der Waals surface area contributed by atoms with Gasteiger partial charge in [0.25, 0.3) is 0 Å². The average Bonchev–Trinajstić information content (AvgIpc) is 2.20. The molecule has 1 nitrogen and oxygen atoms in total. The molecule has 0 aromatic heterocycles. The van der Waals surface area contributed by atoms with Gasteiger partial charge in [-0.3, -0.25) is 0 Å². The summed E-state index contributed by atoms with van der Waals surface area (Å²) >= 11 is 0. The van der Waals surface area contributed by atoms with Gasteiger partial charge in [-0.1, -0.05) is 35.9 Å². The van der Waals surface area contributed by atoms with E-state index in [-0.39, 0.29) is 0 Å². The molecule has 0 aliphatic carbocycles. The number of rotatable bonds is 5. The minimum Gasteiger partial charge on any atom is -0.381 e. The molecule has 0 amide bonds. The van der Waals surface area contributed by atoms with Crippen LogP contribution in [0.4, 0.5) is 5.69 Å². The third-order valence-electron chi connectivity index (χ3n) is 2.54. The molecule has 0 radical (unpaired) electrons. The standard InChI is InChI=1S/C15H21N/c1-5-6-7-8-9-16-15-13(3)10-12(2)11-14(15)4/h5,7-8,10-11,16H,1,6,9H2,2-4H3/b8-7+. The first-order valence-corrected chi connectivity index (χ1v) is 5.72. The predicted molar refractivity (Wildman–Crippen MR) is 73.1 cm³/mol. The van der Waals surface area contributed by atoms with Crippen LogP contribution in [0.25, 0.3) is 0 Å². The van der Waals surface area contributed by atoms with Gasteiger partial charge in [-0.15, -0.1) is 6.58 Å². The molecule has 0 atom stereocenters. The van der Waals surface area contributed by atoms with Crippen LogP contribution in [0.2, 0.25) is 0 Å². The Morgan fingerprint density at radius 1 is 1.12 bits per heavy atom. The normalized spacial score (nSPS) is 10.7. The van der Waals surface area contributed by atoms with E-state index in [1.165, 1.54) is 22.4 Å². The van der Waals surface area contributed by atoms with E-state index in [0.29, 0.717) is 0 Å². The maximum Gasteiger partial charge on any atom is 0.0402 e. The van der Waals surface area contributed by atoms with E-state index in [0.717, 1.165) is 13.0 Å². The van der Waals surface area contributed by atoms with Gasteiger partial charge < -0.3 is 5.32 Å². The summed E-state index contributed by atoms with van der Waals surface area (Å²) in [7, 11) is 0. The lowest BCUT2D eigenvalue weighted by Gasteiger charge is -2.12. The lowest BCUT2D eigenvalue weighted by molar-refractivity contribution is 1.23. The monoisotopic (exact) mass is 215 g/mol. The zero-order valence-electron chi connectivity index (χ0n) is 10.5. The molecule has 0 saturated carbocycles. The van der Waals surface area contributed by atoms with Crippen LogP contribution in [0.1, 0.15) is 23.1 Å². The predicted octanol–water partition coefficient (Wildman–Crippen LogP) is 4.16. The molecule has 0 aliphatic heterocycles. The first-order valence-electron chi connectivity index (χ1n) is 5.72.